The van der Waals surface area contributed by atoms with Gasteiger partial charge in [0.05, 0.1) is 11.7 Å². The Kier molecular flexibility index (Phi) is 4.56. The topological polar surface area (TPSA) is 60.8 Å². The first-order chi connectivity index (χ1) is 9.08. The van der Waals surface area contributed by atoms with Crippen molar-refractivity contribution in [3.05, 3.63) is 35.4 Å². The fraction of sp³-hybridized carbons (Fsp3) is 0.533. The van der Waals surface area contributed by atoms with Crippen LogP contribution in [0.3, 0.4) is 0 Å². The maximum Gasteiger partial charge on any atom is 0.335 e. The van der Waals surface area contributed by atoms with Crippen LogP contribution in [-0.2, 0) is 6.54 Å². The molecule has 0 aliphatic heterocycles. The van der Waals surface area contributed by atoms with E-state index in [1.165, 1.54) is 6.42 Å². The van der Waals surface area contributed by atoms with E-state index in [0.29, 0.717) is 5.56 Å². The third-order valence-corrected chi connectivity index (χ3v) is 3.89. The Labute approximate surface area is 113 Å². The van der Waals surface area contributed by atoms with E-state index in [2.05, 4.69) is 4.90 Å². The van der Waals surface area contributed by atoms with Gasteiger partial charge in [-0.25, -0.2) is 4.79 Å². The molecular weight excluding hydrogens is 242 g/mol. The van der Waals surface area contributed by atoms with Crippen LogP contribution in [0.1, 0.15) is 41.6 Å². The number of rotatable bonds is 4. The molecule has 0 aromatic heterocycles. The first-order valence-corrected chi connectivity index (χ1v) is 6.78. The maximum absolute atomic E-state index is 10.8. The maximum atomic E-state index is 10.8. The van der Waals surface area contributed by atoms with Crippen molar-refractivity contribution in [3.8, 4) is 0 Å². The van der Waals surface area contributed by atoms with Crippen LogP contribution < -0.4 is 0 Å². The average molecular weight is 263 g/mol. The first-order valence-electron chi connectivity index (χ1n) is 6.78. The van der Waals surface area contributed by atoms with Gasteiger partial charge in [-0.3, -0.25) is 4.90 Å². The summed E-state index contributed by atoms with van der Waals surface area (Å²) in [6.07, 6.45) is 3.96. The summed E-state index contributed by atoms with van der Waals surface area (Å²) < 4.78 is 0. The average Bonchev–Trinajstić information content (AvgIpc) is 2.39. The number of likely N-dealkylation sites (N-methyl/N-ethyl adjacent to an activating group) is 1. The molecule has 0 saturated heterocycles. The smallest absolute Gasteiger partial charge is 0.335 e. The summed E-state index contributed by atoms with van der Waals surface area (Å²) >= 11 is 0. The Morgan fingerprint density at radius 1 is 1.26 bits per heavy atom. The standard InChI is InChI=1S/C15H21NO3/c1-16(13-4-2-3-5-14(13)17)10-11-6-8-12(9-7-11)15(18)19/h6-9,13-14,17H,2-5,10H2,1H3,(H,18,19). The molecule has 0 spiro atoms. The molecule has 0 heterocycles. The Balaban J connectivity index is 1.97. The molecule has 1 fully saturated rings. The minimum absolute atomic E-state index is 0.216. The van der Waals surface area contributed by atoms with Crippen LogP contribution in [0.25, 0.3) is 0 Å². The number of aliphatic hydroxyl groups is 1. The summed E-state index contributed by atoms with van der Waals surface area (Å²) in [6.45, 7) is 0.738. The Bertz CT molecular complexity index is 430. The van der Waals surface area contributed by atoms with Crippen LogP contribution >= 0.6 is 0 Å². The summed E-state index contributed by atoms with van der Waals surface area (Å²) in [6, 6.07) is 7.16. The molecule has 4 nitrogen and oxygen atoms in total. The first kappa shape index (κ1) is 14.0. The zero-order valence-corrected chi connectivity index (χ0v) is 11.2. The molecule has 0 bridgehead atoms. The third kappa shape index (κ3) is 3.55. The van der Waals surface area contributed by atoms with Gasteiger partial charge in [0.15, 0.2) is 0 Å². The number of carboxylic acid groups (broad SMARTS) is 1. The van der Waals surface area contributed by atoms with Crippen LogP contribution in [0, 0.1) is 0 Å². The number of carboxylic acids is 1. The zero-order valence-electron chi connectivity index (χ0n) is 11.2. The Morgan fingerprint density at radius 3 is 2.47 bits per heavy atom. The highest BCUT2D eigenvalue weighted by Crippen LogP contribution is 2.23. The SMILES string of the molecule is CN(Cc1ccc(C(=O)O)cc1)C1CCCCC1O. The monoisotopic (exact) mass is 263 g/mol. The highest BCUT2D eigenvalue weighted by molar-refractivity contribution is 5.87. The molecule has 19 heavy (non-hydrogen) atoms. The fourth-order valence-corrected chi connectivity index (χ4v) is 2.76. The highest BCUT2D eigenvalue weighted by atomic mass is 16.4. The second-order valence-corrected chi connectivity index (χ2v) is 5.34. The van der Waals surface area contributed by atoms with Crippen molar-refractivity contribution >= 4 is 5.97 Å². The van der Waals surface area contributed by atoms with E-state index in [-0.39, 0.29) is 12.1 Å². The summed E-state index contributed by atoms with van der Waals surface area (Å²) in [5.41, 5.74) is 1.38. The van der Waals surface area contributed by atoms with E-state index in [1.807, 2.05) is 19.2 Å². The van der Waals surface area contributed by atoms with Gasteiger partial charge >= 0.3 is 5.97 Å². The molecule has 1 saturated carbocycles. The molecule has 2 atom stereocenters. The summed E-state index contributed by atoms with van der Waals surface area (Å²) in [7, 11) is 2.02. The summed E-state index contributed by atoms with van der Waals surface area (Å²) in [5.74, 6) is -0.900. The van der Waals surface area contributed by atoms with E-state index in [4.69, 9.17) is 5.11 Å². The molecule has 0 radical (unpaired) electrons. The lowest BCUT2D eigenvalue weighted by Crippen LogP contribution is -2.42. The Morgan fingerprint density at radius 2 is 1.89 bits per heavy atom. The second kappa shape index (κ2) is 6.17. The molecule has 1 aliphatic rings. The molecule has 1 aromatic carbocycles. The molecule has 0 amide bonds. The van der Waals surface area contributed by atoms with E-state index in [9.17, 15) is 9.90 Å². The molecule has 2 rings (SSSR count). The number of hydrogen-bond donors (Lipinski definition) is 2. The molecule has 4 heteroatoms. The third-order valence-electron chi connectivity index (χ3n) is 3.89. The quantitative estimate of drug-likeness (QED) is 0.873. The number of nitrogens with zero attached hydrogens (tertiary/aromatic N) is 1. The van der Waals surface area contributed by atoms with Crippen LogP contribution in [0.5, 0.6) is 0 Å². The minimum Gasteiger partial charge on any atom is -0.478 e. The zero-order chi connectivity index (χ0) is 13.8. The lowest BCUT2D eigenvalue weighted by Gasteiger charge is -2.35. The van der Waals surface area contributed by atoms with E-state index >= 15 is 0 Å². The van der Waals surface area contributed by atoms with Crippen molar-refractivity contribution in [1.82, 2.24) is 4.90 Å². The van der Waals surface area contributed by atoms with Gasteiger partial charge in [0.25, 0.3) is 0 Å². The van der Waals surface area contributed by atoms with Gasteiger partial charge in [-0.2, -0.15) is 0 Å². The normalized spacial score (nSPS) is 23.5. The van der Waals surface area contributed by atoms with Crippen molar-refractivity contribution in [3.63, 3.8) is 0 Å². The second-order valence-electron chi connectivity index (χ2n) is 5.34. The molecule has 2 unspecified atom stereocenters. The van der Waals surface area contributed by atoms with E-state index in [0.717, 1.165) is 31.4 Å². The van der Waals surface area contributed by atoms with Crippen LogP contribution in [-0.4, -0.2) is 40.3 Å². The van der Waals surface area contributed by atoms with Crippen molar-refractivity contribution in [1.29, 1.82) is 0 Å². The van der Waals surface area contributed by atoms with Crippen LogP contribution in [0.15, 0.2) is 24.3 Å². The molecular formula is C15H21NO3. The van der Waals surface area contributed by atoms with E-state index in [1.54, 1.807) is 12.1 Å². The minimum atomic E-state index is -0.900. The number of carbonyl (C=O) groups is 1. The van der Waals surface area contributed by atoms with Crippen molar-refractivity contribution < 1.29 is 15.0 Å². The lowest BCUT2D eigenvalue weighted by molar-refractivity contribution is 0.0288. The summed E-state index contributed by atoms with van der Waals surface area (Å²) in [4.78, 5) is 12.9. The summed E-state index contributed by atoms with van der Waals surface area (Å²) in [5, 5.41) is 18.9. The largest absolute Gasteiger partial charge is 0.478 e. The predicted molar refractivity (Wildman–Crippen MR) is 73.1 cm³/mol. The van der Waals surface area contributed by atoms with E-state index < -0.39 is 5.97 Å². The number of benzene rings is 1. The molecule has 1 aromatic rings. The molecule has 1 aliphatic carbocycles. The van der Waals surface area contributed by atoms with Gasteiger partial charge in [-0.15, -0.1) is 0 Å². The van der Waals surface area contributed by atoms with Gasteiger partial charge in [-0.05, 0) is 37.6 Å². The number of aliphatic hydroxyl groups excluding tert-OH is 1. The van der Waals surface area contributed by atoms with Crippen molar-refractivity contribution in [2.75, 3.05) is 7.05 Å². The lowest BCUT2D eigenvalue weighted by atomic mass is 9.91. The number of hydrogen-bond acceptors (Lipinski definition) is 3. The van der Waals surface area contributed by atoms with Gasteiger partial charge in [0, 0.05) is 12.6 Å². The van der Waals surface area contributed by atoms with Gasteiger partial charge in [0.1, 0.15) is 0 Å². The fourth-order valence-electron chi connectivity index (χ4n) is 2.76. The van der Waals surface area contributed by atoms with Gasteiger partial charge < -0.3 is 10.2 Å². The molecule has 2 N–H and O–H groups in total. The highest BCUT2D eigenvalue weighted by Gasteiger charge is 2.26. The van der Waals surface area contributed by atoms with Gasteiger partial charge in [-0.1, -0.05) is 25.0 Å². The number of aromatic carboxylic acids is 1. The molecule has 104 valence electrons. The van der Waals surface area contributed by atoms with Crippen molar-refractivity contribution in [2.24, 2.45) is 0 Å². The van der Waals surface area contributed by atoms with Gasteiger partial charge in [0.2, 0.25) is 0 Å². The van der Waals surface area contributed by atoms with Crippen LogP contribution in [0.2, 0.25) is 0 Å². The van der Waals surface area contributed by atoms with Crippen molar-refractivity contribution in [2.45, 2.75) is 44.4 Å². The van der Waals surface area contributed by atoms with Crippen LogP contribution in [0.4, 0.5) is 0 Å². The predicted octanol–water partition coefficient (Wildman–Crippen LogP) is 2.12. The Hall–Kier alpha value is -1.39.